The minimum absolute atomic E-state index is 0.0115. The summed E-state index contributed by atoms with van der Waals surface area (Å²) in [5.74, 6) is 2.13. The topological polar surface area (TPSA) is 129 Å². The van der Waals surface area contributed by atoms with Gasteiger partial charge < -0.3 is 24.5 Å². The Morgan fingerprint density at radius 2 is 1.93 bits per heavy atom. The second-order valence-electron chi connectivity index (χ2n) is 11.9. The third-order valence-electron chi connectivity index (χ3n) is 8.54. The Labute approximate surface area is 246 Å². The molecule has 42 heavy (non-hydrogen) atoms. The lowest BCUT2D eigenvalue weighted by atomic mass is 10.0. The van der Waals surface area contributed by atoms with Crippen LogP contribution in [0.3, 0.4) is 0 Å². The number of sulfonamides is 1. The fourth-order valence-corrected chi connectivity index (χ4v) is 6.86. The quantitative estimate of drug-likeness (QED) is 0.330. The average molecular weight is 594 g/mol. The van der Waals surface area contributed by atoms with Crippen molar-refractivity contribution in [1.29, 1.82) is 0 Å². The highest BCUT2D eigenvalue weighted by molar-refractivity contribution is 7.93. The van der Waals surface area contributed by atoms with Crippen LogP contribution in [-0.4, -0.2) is 76.9 Å². The predicted octanol–water partition coefficient (Wildman–Crippen LogP) is 3.75. The van der Waals surface area contributed by atoms with Crippen LogP contribution in [0, 0.1) is 5.92 Å². The van der Waals surface area contributed by atoms with Crippen molar-refractivity contribution in [3.05, 3.63) is 35.9 Å². The van der Waals surface area contributed by atoms with Gasteiger partial charge in [0, 0.05) is 50.7 Å². The number of piperidine rings is 1. The number of benzene rings is 1. The molecule has 0 radical (unpaired) electrons. The van der Waals surface area contributed by atoms with Gasteiger partial charge in [0.05, 0.1) is 23.6 Å². The van der Waals surface area contributed by atoms with E-state index in [2.05, 4.69) is 10.6 Å². The van der Waals surface area contributed by atoms with Crippen LogP contribution in [0.15, 0.2) is 30.3 Å². The molecule has 224 valence electrons. The molecule has 4 aromatic rings. The fraction of sp³-hybridized carbons (Fsp3) is 0.500. The number of aromatic nitrogens is 4. The van der Waals surface area contributed by atoms with Crippen LogP contribution in [0.2, 0.25) is 0 Å². The molecule has 2 N–H and O–H groups in total. The summed E-state index contributed by atoms with van der Waals surface area (Å²) in [6.45, 7) is 5.31. The van der Waals surface area contributed by atoms with Crippen LogP contribution in [0.5, 0.6) is 5.75 Å². The first kappa shape index (κ1) is 28.5. The number of nitrogens with zero attached hydrogens (tertiary/aromatic N) is 6. The van der Waals surface area contributed by atoms with E-state index >= 15 is 0 Å². The van der Waals surface area contributed by atoms with E-state index < -0.39 is 15.3 Å². The highest BCUT2D eigenvalue weighted by atomic mass is 32.2. The van der Waals surface area contributed by atoms with Gasteiger partial charge in [-0.1, -0.05) is 0 Å². The van der Waals surface area contributed by atoms with Gasteiger partial charge in [-0.15, -0.1) is 0 Å². The zero-order valence-electron chi connectivity index (χ0n) is 24.9. The lowest BCUT2D eigenvalue weighted by Crippen LogP contribution is -2.45. The van der Waals surface area contributed by atoms with Crippen molar-refractivity contribution in [2.45, 2.75) is 57.4 Å². The number of nitrogens with two attached hydrogens (primary N) is 1. The number of hydrogen-bond donors (Lipinski definition) is 1. The summed E-state index contributed by atoms with van der Waals surface area (Å²) in [7, 11) is 1.56. The van der Waals surface area contributed by atoms with Crippen LogP contribution >= 0.6 is 0 Å². The van der Waals surface area contributed by atoms with Gasteiger partial charge in [-0.25, -0.2) is 18.4 Å². The van der Waals surface area contributed by atoms with Crippen molar-refractivity contribution in [3.8, 4) is 17.3 Å². The predicted molar refractivity (Wildman–Crippen MR) is 164 cm³/mol. The van der Waals surface area contributed by atoms with Crippen molar-refractivity contribution in [2.24, 2.45) is 18.7 Å². The van der Waals surface area contributed by atoms with Crippen LogP contribution in [0.25, 0.3) is 33.6 Å². The Balaban J connectivity index is 1.47. The molecule has 0 spiro atoms. The van der Waals surface area contributed by atoms with E-state index in [9.17, 15) is 13.2 Å². The van der Waals surface area contributed by atoms with Gasteiger partial charge in [0.2, 0.25) is 10.0 Å². The molecule has 1 atom stereocenters. The largest absolute Gasteiger partial charge is 0.494 e. The van der Waals surface area contributed by atoms with E-state index in [1.165, 1.54) is 4.31 Å². The van der Waals surface area contributed by atoms with Crippen molar-refractivity contribution in [1.82, 2.24) is 24.0 Å². The smallest absolute Gasteiger partial charge is 0.254 e. The maximum absolute atomic E-state index is 13.4. The van der Waals surface area contributed by atoms with Gasteiger partial charge in [-0.2, -0.15) is 0 Å². The Hall–Kier alpha value is -3.64. The van der Waals surface area contributed by atoms with Crippen LogP contribution in [0.1, 0.15) is 49.9 Å². The van der Waals surface area contributed by atoms with Gasteiger partial charge in [-0.05, 0) is 75.8 Å². The zero-order valence-corrected chi connectivity index (χ0v) is 25.7. The van der Waals surface area contributed by atoms with Crippen molar-refractivity contribution >= 4 is 43.8 Å². The summed E-state index contributed by atoms with van der Waals surface area (Å²) < 4.78 is 37.0. The van der Waals surface area contributed by atoms with Crippen molar-refractivity contribution < 1.29 is 17.9 Å². The van der Waals surface area contributed by atoms with E-state index in [4.69, 9.17) is 20.4 Å². The number of amides is 1. The van der Waals surface area contributed by atoms with E-state index in [1.54, 1.807) is 40.1 Å². The summed E-state index contributed by atoms with van der Waals surface area (Å²) in [4.78, 5) is 25.1. The minimum Gasteiger partial charge on any atom is -0.494 e. The number of hydrogen-bond acceptors (Lipinski definition) is 7. The summed E-state index contributed by atoms with van der Waals surface area (Å²) in [6, 6.07) is 9.33. The summed E-state index contributed by atoms with van der Waals surface area (Å²) in [5.41, 5.74) is 9.73. The Morgan fingerprint density at radius 1 is 1.17 bits per heavy atom. The molecule has 2 fully saturated rings. The average Bonchev–Trinajstić information content (AvgIpc) is 3.64. The highest BCUT2D eigenvalue weighted by Gasteiger charge is 2.29. The van der Waals surface area contributed by atoms with E-state index in [-0.39, 0.29) is 11.9 Å². The monoisotopic (exact) mass is 593 g/mol. The Bertz CT molecular complexity index is 1790. The number of imidazole rings is 1. The van der Waals surface area contributed by atoms with Gasteiger partial charge in [0.1, 0.15) is 22.7 Å². The molecule has 2 aliphatic rings. The van der Waals surface area contributed by atoms with Gasteiger partial charge in [0.25, 0.3) is 5.91 Å². The Morgan fingerprint density at radius 3 is 2.60 bits per heavy atom. The summed E-state index contributed by atoms with van der Waals surface area (Å²) >= 11 is 0. The minimum atomic E-state index is -3.53. The second-order valence-corrected chi connectivity index (χ2v) is 14.4. The molecule has 1 saturated carbocycles. The molecule has 4 heterocycles. The molecular weight excluding hydrogens is 554 g/mol. The first-order chi connectivity index (χ1) is 20.0. The van der Waals surface area contributed by atoms with Gasteiger partial charge in [0.15, 0.2) is 5.82 Å². The first-order valence-electron chi connectivity index (χ1n) is 14.6. The second kappa shape index (κ2) is 10.6. The number of pyridine rings is 1. The molecule has 0 unspecified atom stereocenters. The first-order valence-corrected chi connectivity index (χ1v) is 16.1. The van der Waals surface area contributed by atoms with E-state index in [0.717, 1.165) is 60.3 Å². The fourth-order valence-electron chi connectivity index (χ4n) is 5.86. The molecule has 12 heteroatoms. The molecule has 11 nitrogen and oxygen atoms in total. The SMILES string of the molecule is COc1cc(C(=O)N2CCC[C@@H](N)C2)cc2nc(-c3cc4ccc(N(C)S(=O)(=O)C(C)C)nc4n3CC3CC3)n(C)c12. The number of carbonyl (C=O) groups is 1. The summed E-state index contributed by atoms with van der Waals surface area (Å²) in [6.07, 6.45) is 4.09. The number of anilines is 1. The van der Waals surface area contributed by atoms with Crippen LogP contribution < -0.4 is 14.8 Å². The molecule has 1 amide bonds. The molecule has 1 aliphatic carbocycles. The van der Waals surface area contributed by atoms with Crippen molar-refractivity contribution in [3.63, 3.8) is 0 Å². The maximum atomic E-state index is 13.4. The van der Waals surface area contributed by atoms with Gasteiger partial charge in [-0.3, -0.25) is 9.10 Å². The molecule has 1 aliphatic heterocycles. The van der Waals surface area contributed by atoms with Gasteiger partial charge >= 0.3 is 0 Å². The maximum Gasteiger partial charge on any atom is 0.254 e. The number of carbonyl (C=O) groups excluding carboxylic acids is 1. The standard InChI is InChI=1S/C30H39N7O4S/c1-18(2)42(39,40)35(4)26-11-10-20-14-24(37(28(20)33-26)16-19-8-9-19)29-32-23-13-21(15-25(41-5)27(23)34(29)3)30(38)36-12-6-7-22(31)17-36/h10-11,13-15,18-19,22H,6-9,12,16-17,31H2,1-5H3/t22-/m1/s1. The molecule has 3 aromatic heterocycles. The lowest BCUT2D eigenvalue weighted by Gasteiger charge is -2.30. The number of ether oxygens (including phenoxy) is 1. The number of fused-ring (bicyclic) bond motifs is 2. The number of rotatable bonds is 8. The molecule has 0 bridgehead atoms. The van der Waals surface area contributed by atoms with Crippen LogP contribution in [0.4, 0.5) is 5.82 Å². The molecule has 6 rings (SSSR count). The number of likely N-dealkylation sites (tertiary alicyclic amines) is 1. The molecular formula is C30H39N7O4S. The third kappa shape index (κ3) is 4.90. The van der Waals surface area contributed by atoms with Crippen LogP contribution in [-0.2, 0) is 23.6 Å². The number of methoxy groups -OCH3 is 1. The normalized spacial score (nSPS) is 17.9. The number of aryl methyl sites for hydroxylation is 1. The van der Waals surface area contributed by atoms with E-state index in [1.807, 2.05) is 28.6 Å². The van der Waals surface area contributed by atoms with E-state index in [0.29, 0.717) is 41.7 Å². The Kier molecular flexibility index (Phi) is 7.17. The zero-order chi connectivity index (χ0) is 29.9. The highest BCUT2D eigenvalue weighted by Crippen LogP contribution is 2.38. The molecule has 1 aromatic carbocycles. The van der Waals surface area contributed by atoms with Crippen molar-refractivity contribution in [2.75, 3.05) is 31.6 Å². The molecule has 1 saturated heterocycles. The third-order valence-corrected chi connectivity index (χ3v) is 10.7. The lowest BCUT2D eigenvalue weighted by molar-refractivity contribution is 0.0708. The summed E-state index contributed by atoms with van der Waals surface area (Å²) in [5, 5.41) is 0.341.